The number of rotatable bonds is 3. The molecule has 0 aromatic carbocycles. The fourth-order valence-electron chi connectivity index (χ4n) is 1.95. The highest BCUT2D eigenvalue weighted by molar-refractivity contribution is 7.17. The van der Waals surface area contributed by atoms with E-state index < -0.39 is 0 Å². The summed E-state index contributed by atoms with van der Waals surface area (Å²) in [6.07, 6.45) is 4.00. The van der Waals surface area contributed by atoms with Gasteiger partial charge in [-0.05, 0) is 30.8 Å². The number of fused-ring (bicyclic) bond motifs is 1. The zero-order valence-corrected chi connectivity index (χ0v) is 9.67. The quantitative estimate of drug-likeness (QED) is 0.881. The lowest BCUT2D eigenvalue weighted by molar-refractivity contribution is 0.271. The molecule has 0 amide bonds. The van der Waals surface area contributed by atoms with E-state index in [-0.39, 0.29) is 0 Å². The Morgan fingerprint density at radius 1 is 1.50 bits per heavy atom. The topological polar surface area (TPSA) is 47.0 Å². The number of hydrogen-bond donors (Lipinski definition) is 1. The van der Waals surface area contributed by atoms with Crippen LogP contribution >= 0.6 is 11.3 Å². The molecule has 4 nitrogen and oxygen atoms in total. The van der Waals surface area contributed by atoms with Gasteiger partial charge >= 0.3 is 0 Å². The molecule has 3 heterocycles. The normalized spacial score (nSPS) is 20.4. The highest BCUT2D eigenvalue weighted by Crippen LogP contribution is 2.26. The smallest absolute Gasteiger partial charge is 0.234 e. The van der Waals surface area contributed by atoms with Gasteiger partial charge in [-0.2, -0.15) is 0 Å². The van der Waals surface area contributed by atoms with E-state index in [1.807, 2.05) is 11.4 Å². The first-order chi connectivity index (χ1) is 7.93. The molecule has 0 bridgehead atoms. The van der Waals surface area contributed by atoms with Gasteiger partial charge in [-0.1, -0.05) is 0 Å². The lowest BCUT2D eigenvalue weighted by Crippen LogP contribution is -2.28. The van der Waals surface area contributed by atoms with Gasteiger partial charge in [-0.3, -0.25) is 0 Å². The third-order valence-electron chi connectivity index (χ3n) is 2.79. The molecular weight excluding hydrogens is 222 g/mol. The Morgan fingerprint density at radius 2 is 2.50 bits per heavy atom. The van der Waals surface area contributed by atoms with Crippen molar-refractivity contribution >= 4 is 21.6 Å². The molecule has 1 atom stereocenters. The Balaban J connectivity index is 1.75. The minimum absolute atomic E-state index is 0.477. The van der Waals surface area contributed by atoms with Gasteiger partial charge < -0.3 is 10.1 Å². The van der Waals surface area contributed by atoms with Crippen molar-refractivity contribution in [2.75, 3.05) is 13.2 Å². The second-order valence-corrected chi connectivity index (χ2v) is 4.83. The highest BCUT2D eigenvalue weighted by Gasteiger charge is 2.15. The molecular formula is C11H13N3OS. The van der Waals surface area contributed by atoms with Crippen LogP contribution in [0.2, 0.25) is 0 Å². The van der Waals surface area contributed by atoms with E-state index in [1.54, 1.807) is 17.7 Å². The van der Waals surface area contributed by atoms with Crippen LogP contribution in [0.4, 0.5) is 0 Å². The van der Waals surface area contributed by atoms with E-state index in [9.17, 15) is 0 Å². The Kier molecular flexibility index (Phi) is 2.71. The molecule has 5 heteroatoms. The molecule has 0 saturated carbocycles. The van der Waals surface area contributed by atoms with E-state index in [0.29, 0.717) is 18.5 Å². The van der Waals surface area contributed by atoms with Crippen LogP contribution in [0.3, 0.4) is 0 Å². The van der Waals surface area contributed by atoms with E-state index in [4.69, 9.17) is 4.74 Å². The molecule has 1 aliphatic rings. The monoisotopic (exact) mass is 235 g/mol. The van der Waals surface area contributed by atoms with Gasteiger partial charge in [0.1, 0.15) is 17.6 Å². The SMILES string of the molecule is c1nc(OCC2CCCN2)c2sccc2n1. The molecule has 3 rings (SSSR count). The summed E-state index contributed by atoms with van der Waals surface area (Å²) < 4.78 is 6.80. The van der Waals surface area contributed by atoms with Crippen molar-refractivity contribution in [2.24, 2.45) is 0 Å². The zero-order chi connectivity index (χ0) is 10.8. The second kappa shape index (κ2) is 4.35. The molecule has 2 aromatic rings. The first-order valence-electron chi connectivity index (χ1n) is 5.48. The summed E-state index contributed by atoms with van der Waals surface area (Å²) in [5.41, 5.74) is 0.967. The van der Waals surface area contributed by atoms with Crippen molar-refractivity contribution in [3.8, 4) is 5.88 Å². The summed E-state index contributed by atoms with van der Waals surface area (Å²) in [5.74, 6) is 0.716. The molecule has 84 valence electrons. The van der Waals surface area contributed by atoms with Crippen LogP contribution in [0.1, 0.15) is 12.8 Å². The largest absolute Gasteiger partial charge is 0.475 e. The fraction of sp³-hybridized carbons (Fsp3) is 0.455. The summed E-state index contributed by atoms with van der Waals surface area (Å²) in [5, 5.41) is 5.42. The van der Waals surface area contributed by atoms with Crippen molar-refractivity contribution in [1.82, 2.24) is 15.3 Å². The number of nitrogens with one attached hydrogen (secondary N) is 1. The molecule has 1 fully saturated rings. The van der Waals surface area contributed by atoms with E-state index in [2.05, 4.69) is 15.3 Å². The summed E-state index contributed by atoms with van der Waals surface area (Å²) >= 11 is 1.63. The molecule has 0 radical (unpaired) electrons. The van der Waals surface area contributed by atoms with Crippen LogP contribution in [0.15, 0.2) is 17.8 Å². The number of aromatic nitrogens is 2. The Morgan fingerprint density at radius 3 is 3.38 bits per heavy atom. The first kappa shape index (κ1) is 9.99. The van der Waals surface area contributed by atoms with Crippen molar-refractivity contribution in [2.45, 2.75) is 18.9 Å². The van der Waals surface area contributed by atoms with Crippen LogP contribution in [-0.2, 0) is 0 Å². The Bertz CT molecular complexity index is 479. The number of thiophene rings is 1. The minimum Gasteiger partial charge on any atom is -0.475 e. The number of ether oxygens (including phenoxy) is 1. The Hall–Kier alpha value is -1.20. The van der Waals surface area contributed by atoms with Gasteiger partial charge in [-0.15, -0.1) is 11.3 Å². The van der Waals surface area contributed by atoms with Gasteiger partial charge in [0.25, 0.3) is 0 Å². The molecule has 16 heavy (non-hydrogen) atoms. The van der Waals surface area contributed by atoms with Crippen molar-refractivity contribution in [3.63, 3.8) is 0 Å². The molecule has 2 aromatic heterocycles. The van der Waals surface area contributed by atoms with E-state index in [1.165, 1.54) is 12.8 Å². The van der Waals surface area contributed by atoms with Crippen LogP contribution in [-0.4, -0.2) is 29.2 Å². The maximum absolute atomic E-state index is 5.76. The van der Waals surface area contributed by atoms with Crippen LogP contribution in [0.5, 0.6) is 5.88 Å². The molecule has 1 N–H and O–H groups in total. The molecule has 1 saturated heterocycles. The van der Waals surface area contributed by atoms with Crippen molar-refractivity contribution in [3.05, 3.63) is 17.8 Å². The van der Waals surface area contributed by atoms with Crippen LogP contribution < -0.4 is 10.1 Å². The summed E-state index contributed by atoms with van der Waals surface area (Å²) in [6.45, 7) is 1.80. The third kappa shape index (κ3) is 1.88. The van der Waals surface area contributed by atoms with Gasteiger partial charge in [0.05, 0.1) is 5.52 Å². The second-order valence-electron chi connectivity index (χ2n) is 3.92. The van der Waals surface area contributed by atoms with E-state index in [0.717, 1.165) is 16.8 Å². The molecule has 1 aliphatic heterocycles. The molecule has 1 unspecified atom stereocenters. The van der Waals surface area contributed by atoms with Gasteiger partial charge in [-0.25, -0.2) is 9.97 Å². The summed E-state index contributed by atoms with van der Waals surface area (Å²) in [6, 6.07) is 2.47. The average Bonchev–Trinajstić information content (AvgIpc) is 2.97. The number of nitrogens with zero attached hydrogens (tertiary/aromatic N) is 2. The predicted octanol–water partition coefficient (Wildman–Crippen LogP) is 1.82. The molecule has 0 spiro atoms. The first-order valence-corrected chi connectivity index (χ1v) is 6.36. The summed E-state index contributed by atoms with van der Waals surface area (Å²) in [7, 11) is 0. The maximum Gasteiger partial charge on any atom is 0.234 e. The third-order valence-corrected chi connectivity index (χ3v) is 3.69. The lowest BCUT2D eigenvalue weighted by atomic mass is 10.2. The van der Waals surface area contributed by atoms with Crippen molar-refractivity contribution < 1.29 is 4.74 Å². The lowest BCUT2D eigenvalue weighted by Gasteiger charge is -2.11. The number of hydrogen-bond acceptors (Lipinski definition) is 5. The zero-order valence-electron chi connectivity index (χ0n) is 8.85. The minimum atomic E-state index is 0.477. The highest BCUT2D eigenvalue weighted by atomic mass is 32.1. The summed E-state index contributed by atoms with van der Waals surface area (Å²) in [4.78, 5) is 8.37. The fourth-order valence-corrected chi connectivity index (χ4v) is 2.73. The van der Waals surface area contributed by atoms with Crippen LogP contribution in [0, 0.1) is 0 Å². The van der Waals surface area contributed by atoms with Gasteiger partial charge in [0.2, 0.25) is 5.88 Å². The van der Waals surface area contributed by atoms with Crippen LogP contribution in [0.25, 0.3) is 10.2 Å². The maximum atomic E-state index is 5.76. The van der Waals surface area contributed by atoms with E-state index >= 15 is 0 Å². The average molecular weight is 235 g/mol. The van der Waals surface area contributed by atoms with Crippen molar-refractivity contribution in [1.29, 1.82) is 0 Å². The van der Waals surface area contributed by atoms with Gasteiger partial charge in [0.15, 0.2) is 0 Å². The van der Waals surface area contributed by atoms with Gasteiger partial charge in [0, 0.05) is 6.04 Å². The standard InChI is InChI=1S/C11H13N3OS/c1-2-8(12-4-1)6-15-11-10-9(3-5-16-10)13-7-14-11/h3,5,7-8,12H,1-2,4,6H2. The Labute approximate surface area is 97.7 Å². The predicted molar refractivity (Wildman–Crippen MR) is 63.9 cm³/mol. The molecule has 0 aliphatic carbocycles.